The predicted octanol–water partition coefficient (Wildman–Crippen LogP) is 6.48. The number of ether oxygens (including phenoxy) is 1. The SMILES string of the molecule is C/C=C/Cc1cc(C)c(C(F)(F)Oc2cc(C)c(C)c(C)c2)c(C)c1. The van der Waals surface area contributed by atoms with Crippen LogP contribution in [0.5, 0.6) is 5.75 Å². The van der Waals surface area contributed by atoms with Crippen molar-refractivity contribution >= 4 is 0 Å². The highest BCUT2D eigenvalue weighted by Crippen LogP contribution is 2.37. The molecule has 2 rings (SSSR count). The fourth-order valence-electron chi connectivity index (χ4n) is 3.14. The van der Waals surface area contributed by atoms with Gasteiger partial charge in [-0.15, -0.1) is 0 Å². The van der Waals surface area contributed by atoms with E-state index in [1.807, 2.05) is 52.0 Å². The summed E-state index contributed by atoms with van der Waals surface area (Å²) in [5.74, 6) is 0.197. The summed E-state index contributed by atoms with van der Waals surface area (Å²) in [5, 5.41) is 0. The van der Waals surface area contributed by atoms with Gasteiger partial charge < -0.3 is 4.74 Å². The summed E-state index contributed by atoms with van der Waals surface area (Å²) in [5.41, 5.74) is 5.05. The zero-order valence-corrected chi connectivity index (χ0v) is 15.8. The van der Waals surface area contributed by atoms with E-state index in [-0.39, 0.29) is 11.3 Å². The normalized spacial score (nSPS) is 12.0. The first-order valence-electron chi connectivity index (χ1n) is 8.52. The second kappa shape index (κ2) is 7.38. The molecule has 0 N–H and O–H groups in total. The van der Waals surface area contributed by atoms with Gasteiger partial charge in [0.05, 0.1) is 5.56 Å². The van der Waals surface area contributed by atoms with Crippen LogP contribution < -0.4 is 4.74 Å². The number of benzene rings is 2. The predicted molar refractivity (Wildman–Crippen MR) is 99.6 cm³/mol. The molecule has 0 bridgehead atoms. The molecule has 1 nitrogen and oxygen atoms in total. The lowest BCUT2D eigenvalue weighted by atomic mass is 9.97. The van der Waals surface area contributed by atoms with Crippen LogP contribution in [0.15, 0.2) is 36.4 Å². The van der Waals surface area contributed by atoms with Gasteiger partial charge in [0, 0.05) is 0 Å². The minimum Gasteiger partial charge on any atom is -0.429 e. The van der Waals surface area contributed by atoms with Crippen molar-refractivity contribution in [3.8, 4) is 5.75 Å². The third kappa shape index (κ3) is 4.28. The molecule has 3 heteroatoms. The molecule has 0 aliphatic heterocycles. The number of hydrogen-bond donors (Lipinski definition) is 0. The summed E-state index contributed by atoms with van der Waals surface area (Å²) in [6.07, 6.45) is 1.33. The van der Waals surface area contributed by atoms with Gasteiger partial charge in [-0.1, -0.05) is 24.3 Å². The zero-order valence-electron chi connectivity index (χ0n) is 15.8. The Morgan fingerprint density at radius 2 is 1.40 bits per heavy atom. The number of halogens is 2. The maximum absolute atomic E-state index is 14.9. The second-order valence-corrected chi connectivity index (χ2v) is 6.68. The molecule has 0 aliphatic rings. The van der Waals surface area contributed by atoms with Gasteiger partial charge in [0.2, 0.25) is 0 Å². The Morgan fingerprint density at radius 3 is 1.88 bits per heavy atom. The number of allylic oxidation sites excluding steroid dienone is 2. The van der Waals surface area contributed by atoms with E-state index in [2.05, 4.69) is 0 Å². The first kappa shape index (κ1) is 19.2. The molecule has 0 aliphatic carbocycles. The van der Waals surface area contributed by atoms with Gasteiger partial charge in [0.25, 0.3) is 0 Å². The Balaban J connectivity index is 2.39. The van der Waals surface area contributed by atoms with Gasteiger partial charge >= 0.3 is 6.11 Å². The topological polar surface area (TPSA) is 9.23 Å². The van der Waals surface area contributed by atoms with Crippen molar-refractivity contribution in [3.05, 3.63) is 75.4 Å². The van der Waals surface area contributed by atoms with Gasteiger partial charge in [0.15, 0.2) is 0 Å². The summed E-state index contributed by atoms with van der Waals surface area (Å²) in [6.45, 7) is 11.2. The molecule has 0 fully saturated rings. The van der Waals surface area contributed by atoms with Gasteiger partial charge in [-0.2, -0.15) is 8.78 Å². The summed E-state index contributed by atoms with van der Waals surface area (Å²) in [7, 11) is 0. The quantitative estimate of drug-likeness (QED) is 0.564. The molecule has 0 amide bonds. The molecule has 0 saturated carbocycles. The van der Waals surface area contributed by atoms with Crippen LogP contribution in [0.25, 0.3) is 0 Å². The molecule has 134 valence electrons. The second-order valence-electron chi connectivity index (χ2n) is 6.68. The largest absolute Gasteiger partial charge is 0.429 e. The monoisotopic (exact) mass is 344 g/mol. The van der Waals surface area contributed by atoms with Crippen LogP contribution in [0.2, 0.25) is 0 Å². The van der Waals surface area contributed by atoms with E-state index in [0.717, 1.165) is 28.7 Å². The molecule has 0 unspecified atom stereocenters. The molecule has 0 saturated heterocycles. The van der Waals surface area contributed by atoms with Crippen LogP contribution in [-0.2, 0) is 12.5 Å². The molecule has 0 atom stereocenters. The smallest absolute Gasteiger partial charge is 0.427 e. The third-order valence-electron chi connectivity index (χ3n) is 4.62. The molecular weight excluding hydrogens is 318 g/mol. The first-order valence-corrected chi connectivity index (χ1v) is 8.52. The van der Waals surface area contributed by atoms with E-state index < -0.39 is 6.11 Å². The molecule has 2 aromatic carbocycles. The number of rotatable bonds is 5. The van der Waals surface area contributed by atoms with E-state index in [4.69, 9.17) is 4.74 Å². The summed E-state index contributed by atoms with van der Waals surface area (Å²) in [6, 6.07) is 6.96. The van der Waals surface area contributed by atoms with Crippen molar-refractivity contribution in [2.45, 2.75) is 54.1 Å². The average molecular weight is 344 g/mol. The number of hydrogen-bond acceptors (Lipinski definition) is 1. The van der Waals surface area contributed by atoms with Crippen molar-refractivity contribution < 1.29 is 13.5 Å². The number of alkyl halides is 2. The van der Waals surface area contributed by atoms with Crippen molar-refractivity contribution in [3.63, 3.8) is 0 Å². The average Bonchev–Trinajstić information content (AvgIpc) is 2.49. The molecule has 2 aromatic rings. The standard InChI is InChI=1S/C22H26F2O/c1-7-8-9-19-10-16(4)21(17(5)11-19)22(23,24)25-20-12-14(2)18(6)15(3)13-20/h7-8,10-13H,9H2,1-6H3/b8-7+. The Morgan fingerprint density at radius 1 is 0.880 bits per heavy atom. The minimum absolute atomic E-state index is 0.0485. The van der Waals surface area contributed by atoms with Gasteiger partial charge in [0.1, 0.15) is 5.75 Å². The Bertz CT molecular complexity index is 758. The first-order chi connectivity index (χ1) is 11.7. The van der Waals surface area contributed by atoms with E-state index in [1.54, 1.807) is 26.0 Å². The van der Waals surface area contributed by atoms with Crippen molar-refractivity contribution in [2.24, 2.45) is 0 Å². The minimum atomic E-state index is -3.37. The fraction of sp³-hybridized carbons (Fsp3) is 0.364. The lowest BCUT2D eigenvalue weighted by molar-refractivity contribution is -0.186. The van der Waals surface area contributed by atoms with Crippen LogP contribution in [0, 0.1) is 34.6 Å². The molecule has 0 heterocycles. The van der Waals surface area contributed by atoms with E-state index in [9.17, 15) is 8.78 Å². The molecule has 0 aromatic heterocycles. The fourth-order valence-corrected chi connectivity index (χ4v) is 3.14. The lowest BCUT2D eigenvalue weighted by Crippen LogP contribution is -2.24. The van der Waals surface area contributed by atoms with Gasteiger partial charge in [-0.25, -0.2) is 0 Å². The number of aryl methyl sites for hydroxylation is 4. The highest BCUT2D eigenvalue weighted by Gasteiger charge is 2.38. The van der Waals surface area contributed by atoms with Crippen LogP contribution in [0.4, 0.5) is 8.78 Å². The van der Waals surface area contributed by atoms with Crippen LogP contribution in [-0.4, -0.2) is 0 Å². The Hall–Kier alpha value is -2.16. The maximum atomic E-state index is 14.9. The zero-order chi connectivity index (χ0) is 18.8. The Kier molecular flexibility index (Phi) is 5.66. The molecular formula is C22H26F2O. The van der Waals surface area contributed by atoms with Crippen molar-refractivity contribution in [1.29, 1.82) is 0 Å². The maximum Gasteiger partial charge on any atom is 0.427 e. The lowest BCUT2D eigenvalue weighted by Gasteiger charge is -2.23. The highest BCUT2D eigenvalue weighted by atomic mass is 19.3. The molecule has 25 heavy (non-hydrogen) atoms. The van der Waals surface area contributed by atoms with E-state index in [1.165, 1.54) is 0 Å². The van der Waals surface area contributed by atoms with Crippen molar-refractivity contribution in [1.82, 2.24) is 0 Å². The molecule has 0 spiro atoms. The van der Waals surface area contributed by atoms with Crippen LogP contribution in [0.3, 0.4) is 0 Å². The summed E-state index contributed by atoms with van der Waals surface area (Å²) in [4.78, 5) is 0. The molecule has 0 radical (unpaired) electrons. The van der Waals surface area contributed by atoms with Gasteiger partial charge in [-0.05, 0) is 93.5 Å². The summed E-state index contributed by atoms with van der Waals surface area (Å²) < 4.78 is 34.9. The van der Waals surface area contributed by atoms with Crippen molar-refractivity contribution in [2.75, 3.05) is 0 Å². The van der Waals surface area contributed by atoms with E-state index >= 15 is 0 Å². The van der Waals surface area contributed by atoms with Gasteiger partial charge in [-0.3, -0.25) is 0 Å². The van der Waals surface area contributed by atoms with Crippen LogP contribution in [0.1, 0.15) is 45.9 Å². The third-order valence-corrected chi connectivity index (χ3v) is 4.62. The summed E-state index contributed by atoms with van der Waals surface area (Å²) >= 11 is 0. The van der Waals surface area contributed by atoms with Crippen LogP contribution >= 0.6 is 0 Å². The van der Waals surface area contributed by atoms with E-state index in [0.29, 0.717) is 11.1 Å². The Labute approximate surface area is 149 Å². The highest BCUT2D eigenvalue weighted by molar-refractivity contribution is 5.43.